The number of nitrogen functional groups attached to an aromatic ring is 1. The third-order valence-electron chi connectivity index (χ3n) is 6.73. The maximum Gasteiger partial charge on any atom is 0.241 e. The molecule has 0 spiro atoms. The highest BCUT2D eigenvalue weighted by molar-refractivity contribution is 7.89. The number of nitrogens with two attached hydrogens (primary N) is 1. The number of piperidine rings is 1. The van der Waals surface area contributed by atoms with Crippen molar-refractivity contribution in [3.63, 3.8) is 0 Å². The first kappa shape index (κ1) is 26.3. The monoisotopic (exact) mass is 521 g/mol. The highest BCUT2D eigenvalue weighted by atomic mass is 32.2. The van der Waals surface area contributed by atoms with Gasteiger partial charge in [-0.2, -0.15) is 4.72 Å². The number of amides is 2. The summed E-state index contributed by atoms with van der Waals surface area (Å²) < 4.78 is 29.5. The van der Waals surface area contributed by atoms with Crippen molar-refractivity contribution in [2.75, 3.05) is 20.1 Å². The lowest BCUT2D eigenvalue weighted by molar-refractivity contribution is -0.136. The third-order valence-corrected chi connectivity index (χ3v) is 8.20. The third kappa shape index (κ3) is 6.15. The summed E-state index contributed by atoms with van der Waals surface area (Å²) in [7, 11) is -2.45. The average molecular weight is 522 g/mol. The fourth-order valence-corrected chi connectivity index (χ4v) is 5.88. The number of amidine groups is 1. The summed E-state index contributed by atoms with van der Waals surface area (Å²) in [5, 5.41) is 12.0. The molecule has 0 bridgehead atoms. The number of hydrogen-bond donors (Lipinski definition) is 4. The van der Waals surface area contributed by atoms with Gasteiger partial charge in [0.15, 0.2) is 0 Å². The minimum Gasteiger partial charge on any atom is -0.384 e. The molecule has 2 amide bonds. The molecule has 1 aliphatic heterocycles. The molecule has 194 valence electrons. The van der Waals surface area contributed by atoms with E-state index in [0.29, 0.717) is 37.1 Å². The minimum atomic E-state index is -4.04. The van der Waals surface area contributed by atoms with Gasteiger partial charge in [0, 0.05) is 31.6 Å². The second-order valence-electron chi connectivity index (χ2n) is 9.21. The molecule has 0 unspecified atom stereocenters. The van der Waals surface area contributed by atoms with Gasteiger partial charge in [-0.05, 0) is 53.8 Å². The van der Waals surface area contributed by atoms with Crippen LogP contribution in [0, 0.1) is 11.3 Å². The molecule has 0 saturated carbocycles. The van der Waals surface area contributed by atoms with Crippen molar-refractivity contribution < 1.29 is 18.0 Å². The summed E-state index contributed by atoms with van der Waals surface area (Å²) in [5.41, 5.74) is 6.79. The lowest BCUT2D eigenvalue weighted by Crippen LogP contribution is -2.52. The normalized spacial score (nSPS) is 15.3. The summed E-state index contributed by atoms with van der Waals surface area (Å²) in [5.74, 6) is -0.693. The molecule has 4 rings (SSSR count). The Morgan fingerprint density at radius 3 is 2.41 bits per heavy atom. The molecule has 3 aromatic carbocycles. The second kappa shape index (κ2) is 11.1. The molecule has 37 heavy (non-hydrogen) atoms. The number of rotatable bonds is 8. The van der Waals surface area contributed by atoms with Gasteiger partial charge in [-0.25, -0.2) is 8.42 Å². The quantitative estimate of drug-likeness (QED) is 0.265. The van der Waals surface area contributed by atoms with E-state index in [9.17, 15) is 18.0 Å². The summed E-state index contributed by atoms with van der Waals surface area (Å²) in [6, 6.07) is 18.1. The van der Waals surface area contributed by atoms with Gasteiger partial charge in [0.2, 0.25) is 21.8 Å². The zero-order valence-corrected chi connectivity index (χ0v) is 21.4. The van der Waals surface area contributed by atoms with E-state index in [1.54, 1.807) is 48.3 Å². The van der Waals surface area contributed by atoms with Crippen LogP contribution in [0.4, 0.5) is 0 Å². The van der Waals surface area contributed by atoms with Gasteiger partial charge in [-0.3, -0.25) is 15.0 Å². The van der Waals surface area contributed by atoms with E-state index in [-0.39, 0.29) is 34.9 Å². The van der Waals surface area contributed by atoms with Crippen LogP contribution in [0.5, 0.6) is 0 Å². The Morgan fingerprint density at radius 1 is 1.03 bits per heavy atom. The van der Waals surface area contributed by atoms with Gasteiger partial charge in [0.25, 0.3) is 0 Å². The molecule has 5 N–H and O–H groups in total. The first-order valence-corrected chi connectivity index (χ1v) is 13.6. The summed E-state index contributed by atoms with van der Waals surface area (Å²) in [4.78, 5) is 27.3. The molecule has 0 radical (unpaired) electrons. The van der Waals surface area contributed by atoms with Crippen molar-refractivity contribution in [3.05, 3.63) is 77.9 Å². The zero-order valence-electron chi connectivity index (χ0n) is 20.6. The number of nitrogens with one attached hydrogen (secondary N) is 3. The first-order chi connectivity index (χ1) is 17.7. The van der Waals surface area contributed by atoms with Crippen LogP contribution in [0.15, 0.2) is 71.6 Å². The molecule has 3 aromatic rings. The van der Waals surface area contributed by atoms with Crippen LogP contribution in [0.25, 0.3) is 10.8 Å². The van der Waals surface area contributed by atoms with Gasteiger partial charge in [-0.15, -0.1) is 0 Å². The van der Waals surface area contributed by atoms with Crippen molar-refractivity contribution in [3.8, 4) is 0 Å². The van der Waals surface area contributed by atoms with E-state index in [0.717, 1.165) is 10.8 Å². The average Bonchev–Trinajstić information content (AvgIpc) is 2.91. The molecule has 10 heteroatoms. The maximum absolute atomic E-state index is 13.6. The first-order valence-electron chi connectivity index (χ1n) is 12.1. The van der Waals surface area contributed by atoms with Crippen molar-refractivity contribution in [1.29, 1.82) is 5.41 Å². The molecule has 1 fully saturated rings. The van der Waals surface area contributed by atoms with E-state index < -0.39 is 16.1 Å². The molecule has 9 nitrogen and oxygen atoms in total. The summed E-state index contributed by atoms with van der Waals surface area (Å²) >= 11 is 0. The molecule has 1 atom stereocenters. The van der Waals surface area contributed by atoms with Gasteiger partial charge in [-0.1, -0.05) is 48.5 Å². The molecule has 0 aromatic heterocycles. The number of carbonyl (C=O) groups is 2. The zero-order chi connectivity index (χ0) is 26.6. The van der Waals surface area contributed by atoms with Gasteiger partial charge >= 0.3 is 0 Å². The van der Waals surface area contributed by atoms with E-state index in [4.69, 9.17) is 11.1 Å². The highest BCUT2D eigenvalue weighted by Gasteiger charge is 2.33. The molecule has 1 saturated heterocycles. The van der Waals surface area contributed by atoms with E-state index in [2.05, 4.69) is 10.0 Å². The lowest BCUT2D eigenvalue weighted by Gasteiger charge is -2.33. The Hall–Kier alpha value is -3.76. The molecular weight excluding hydrogens is 490 g/mol. The standard InChI is InChI=1S/C27H31N5O4S/c1-30-26(33)20-11-13-32(14-12-20)27(34)24(16-18-5-4-8-22(15-18)25(28)29)31-37(35,36)23-10-9-19-6-2-3-7-21(19)17-23/h2-10,15,17,20,24,31H,11-14,16H2,1H3,(H3,28,29)(H,30,33)/t24-/m0/s1. The van der Waals surface area contributed by atoms with Crippen LogP contribution < -0.4 is 15.8 Å². The maximum atomic E-state index is 13.6. The number of likely N-dealkylation sites (tertiary alicyclic amines) is 1. The number of nitrogens with zero attached hydrogens (tertiary/aromatic N) is 1. The van der Waals surface area contributed by atoms with Crippen LogP contribution in [0.1, 0.15) is 24.0 Å². The second-order valence-corrected chi connectivity index (χ2v) is 10.9. The Kier molecular flexibility index (Phi) is 7.89. The summed E-state index contributed by atoms with van der Waals surface area (Å²) in [6.07, 6.45) is 1.10. The Morgan fingerprint density at radius 2 is 1.73 bits per heavy atom. The van der Waals surface area contributed by atoms with E-state index in [1.165, 1.54) is 6.07 Å². The van der Waals surface area contributed by atoms with Crippen molar-refractivity contribution in [1.82, 2.24) is 14.9 Å². The topological polar surface area (TPSA) is 145 Å². The number of sulfonamides is 1. The van der Waals surface area contributed by atoms with Crippen LogP contribution >= 0.6 is 0 Å². The molecule has 1 aliphatic rings. The van der Waals surface area contributed by atoms with Crippen LogP contribution in [0.2, 0.25) is 0 Å². The fourth-order valence-electron chi connectivity index (χ4n) is 4.66. The Labute approximate surface area is 216 Å². The van der Waals surface area contributed by atoms with Crippen molar-refractivity contribution in [2.45, 2.75) is 30.2 Å². The Bertz CT molecular complexity index is 1430. The smallest absolute Gasteiger partial charge is 0.241 e. The SMILES string of the molecule is CNC(=O)C1CCN(C(=O)[C@H](Cc2cccc(C(=N)N)c2)NS(=O)(=O)c2ccc3ccccc3c2)CC1. The largest absolute Gasteiger partial charge is 0.384 e. The number of hydrogen-bond acceptors (Lipinski definition) is 5. The van der Waals surface area contributed by atoms with Crippen molar-refractivity contribution in [2.24, 2.45) is 11.7 Å². The van der Waals surface area contributed by atoms with Gasteiger partial charge in [0.05, 0.1) is 4.90 Å². The van der Waals surface area contributed by atoms with Crippen molar-refractivity contribution >= 4 is 38.4 Å². The van der Waals surface area contributed by atoms with E-state index >= 15 is 0 Å². The molecular formula is C27H31N5O4S. The number of carbonyl (C=O) groups excluding carboxylic acids is 2. The fraction of sp³-hybridized carbons (Fsp3) is 0.296. The predicted molar refractivity (Wildman–Crippen MR) is 143 cm³/mol. The summed E-state index contributed by atoms with van der Waals surface area (Å²) in [6.45, 7) is 0.719. The molecule has 1 heterocycles. The highest BCUT2D eigenvalue weighted by Crippen LogP contribution is 2.22. The lowest BCUT2D eigenvalue weighted by atomic mass is 9.95. The van der Waals surface area contributed by atoms with Gasteiger partial charge in [0.1, 0.15) is 11.9 Å². The van der Waals surface area contributed by atoms with Crippen LogP contribution in [0.3, 0.4) is 0 Å². The number of fused-ring (bicyclic) bond motifs is 1. The van der Waals surface area contributed by atoms with Crippen LogP contribution in [-0.4, -0.2) is 57.1 Å². The van der Waals surface area contributed by atoms with E-state index in [1.807, 2.05) is 24.3 Å². The predicted octanol–water partition coefficient (Wildman–Crippen LogP) is 2.00. The minimum absolute atomic E-state index is 0.0540. The van der Waals surface area contributed by atoms with Crippen LogP contribution in [-0.2, 0) is 26.0 Å². The number of benzene rings is 3. The van der Waals surface area contributed by atoms with Gasteiger partial charge < -0.3 is 16.0 Å². The molecule has 0 aliphatic carbocycles. The Balaban J connectivity index is 1.61.